The fourth-order valence-corrected chi connectivity index (χ4v) is 3.49. The van der Waals surface area contributed by atoms with Crippen LogP contribution in [0.2, 0.25) is 0 Å². The van der Waals surface area contributed by atoms with Crippen molar-refractivity contribution in [3.8, 4) is 0 Å². The SMILES string of the molecule is CC(=O)OCCCCn1c(C)c(C(=O)c2ccccc2)c2cc(C)ccc21. The highest BCUT2D eigenvalue weighted by Crippen LogP contribution is 2.29. The first kappa shape index (κ1) is 18.9. The number of hydrogen-bond acceptors (Lipinski definition) is 3. The molecule has 0 aliphatic heterocycles. The summed E-state index contributed by atoms with van der Waals surface area (Å²) in [5, 5.41) is 1.00. The van der Waals surface area contributed by atoms with Gasteiger partial charge in [0.05, 0.1) is 12.2 Å². The Morgan fingerprint density at radius 2 is 1.74 bits per heavy atom. The maximum absolute atomic E-state index is 13.2. The van der Waals surface area contributed by atoms with E-state index >= 15 is 0 Å². The van der Waals surface area contributed by atoms with E-state index in [9.17, 15) is 9.59 Å². The zero-order valence-corrected chi connectivity index (χ0v) is 16.1. The van der Waals surface area contributed by atoms with Crippen LogP contribution < -0.4 is 0 Å². The quantitative estimate of drug-likeness (QED) is 0.343. The van der Waals surface area contributed by atoms with Gasteiger partial charge in [0.15, 0.2) is 5.78 Å². The maximum Gasteiger partial charge on any atom is 0.302 e. The van der Waals surface area contributed by atoms with E-state index in [0.717, 1.165) is 47.1 Å². The normalized spacial score (nSPS) is 10.9. The molecule has 0 radical (unpaired) electrons. The average molecular weight is 363 g/mol. The van der Waals surface area contributed by atoms with E-state index in [-0.39, 0.29) is 11.8 Å². The highest BCUT2D eigenvalue weighted by Gasteiger charge is 2.21. The number of benzene rings is 2. The Morgan fingerprint density at radius 3 is 2.44 bits per heavy atom. The summed E-state index contributed by atoms with van der Waals surface area (Å²) >= 11 is 0. The minimum Gasteiger partial charge on any atom is -0.466 e. The van der Waals surface area contributed by atoms with Gasteiger partial charge in [-0.15, -0.1) is 0 Å². The second-order valence-corrected chi connectivity index (χ2v) is 6.87. The van der Waals surface area contributed by atoms with Crippen molar-refractivity contribution in [2.75, 3.05) is 6.61 Å². The number of esters is 1. The summed E-state index contributed by atoms with van der Waals surface area (Å²) in [6.07, 6.45) is 1.68. The van der Waals surface area contributed by atoms with Gasteiger partial charge in [-0.3, -0.25) is 9.59 Å². The standard InChI is InChI=1S/C23H25NO3/c1-16-11-12-21-20(15-16)22(23(26)19-9-5-4-6-10-19)17(2)24(21)13-7-8-14-27-18(3)25/h4-6,9-12,15H,7-8,13-14H2,1-3H3. The number of ether oxygens (including phenoxy) is 1. The van der Waals surface area contributed by atoms with Gasteiger partial charge >= 0.3 is 5.97 Å². The van der Waals surface area contributed by atoms with Crippen molar-refractivity contribution >= 4 is 22.7 Å². The molecule has 0 saturated heterocycles. The van der Waals surface area contributed by atoms with Crippen LogP contribution in [0.15, 0.2) is 48.5 Å². The van der Waals surface area contributed by atoms with Crippen molar-refractivity contribution in [3.05, 3.63) is 70.9 Å². The molecule has 0 aliphatic carbocycles. The van der Waals surface area contributed by atoms with E-state index in [1.54, 1.807) is 0 Å². The Morgan fingerprint density at radius 1 is 1.00 bits per heavy atom. The molecule has 4 nitrogen and oxygen atoms in total. The van der Waals surface area contributed by atoms with Gasteiger partial charge in [0, 0.05) is 35.6 Å². The van der Waals surface area contributed by atoms with Crippen molar-refractivity contribution in [2.45, 2.75) is 40.2 Å². The number of rotatable bonds is 7. The molecule has 0 aliphatic rings. The van der Waals surface area contributed by atoms with Crippen LogP contribution in [0.5, 0.6) is 0 Å². The molecular formula is C23H25NO3. The molecule has 0 unspecified atom stereocenters. The molecule has 0 bridgehead atoms. The van der Waals surface area contributed by atoms with E-state index in [1.165, 1.54) is 6.92 Å². The topological polar surface area (TPSA) is 48.3 Å². The zero-order valence-electron chi connectivity index (χ0n) is 16.1. The Labute approximate surface area is 159 Å². The minimum absolute atomic E-state index is 0.0577. The molecule has 0 spiro atoms. The van der Waals surface area contributed by atoms with Gasteiger partial charge in [-0.05, 0) is 38.8 Å². The van der Waals surface area contributed by atoms with Crippen molar-refractivity contribution in [3.63, 3.8) is 0 Å². The van der Waals surface area contributed by atoms with Crippen LogP contribution in [-0.4, -0.2) is 22.9 Å². The summed E-state index contributed by atoms with van der Waals surface area (Å²) < 4.78 is 7.22. The highest BCUT2D eigenvalue weighted by molar-refractivity contribution is 6.17. The first-order chi connectivity index (χ1) is 13.0. The van der Waals surface area contributed by atoms with Crippen LogP contribution >= 0.6 is 0 Å². The number of carbonyl (C=O) groups excluding carboxylic acids is 2. The van der Waals surface area contributed by atoms with Gasteiger partial charge in [-0.1, -0.05) is 42.0 Å². The lowest BCUT2D eigenvalue weighted by atomic mass is 10.00. The maximum atomic E-state index is 13.2. The van der Waals surface area contributed by atoms with E-state index in [4.69, 9.17) is 4.74 Å². The third-order valence-corrected chi connectivity index (χ3v) is 4.82. The monoisotopic (exact) mass is 363 g/mol. The smallest absolute Gasteiger partial charge is 0.302 e. The van der Waals surface area contributed by atoms with E-state index in [1.807, 2.05) is 44.2 Å². The third-order valence-electron chi connectivity index (χ3n) is 4.82. The summed E-state index contributed by atoms with van der Waals surface area (Å²) in [7, 11) is 0. The van der Waals surface area contributed by atoms with Crippen LogP contribution in [0, 0.1) is 13.8 Å². The number of aromatic nitrogens is 1. The average Bonchev–Trinajstić information content (AvgIpc) is 2.92. The number of nitrogens with zero attached hydrogens (tertiary/aromatic N) is 1. The lowest BCUT2D eigenvalue weighted by molar-refractivity contribution is -0.141. The first-order valence-corrected chi connectivity index (χ1v) is 9.31. The molecule has 0 amide bonds. The number of fused-ring (bicyclic) bond motifs is 1. The van der Waals surface area contributed by atoms with E-state index < -0.39 is 0 Å². The molecule has 27 heavy (non-hydrogen) atoms. The summed E-state index contributed by atoms with van der Waals surface area (Å²) in [5.41, 5.74) is 4.68. The number of carbonyl (C=O) groups is 2. The molecule has 2 aromatic carbocycles. The first-order valence-electron chi connectivity index (χ1n) is 9.31. The predicted octanol–water partition coefficient (Wildman–Crippen LogP) is 4.83. The van der Waals surface area contributed by atoms with Gasteiger partial charge < -0.3 is 9.30 Å². The number of hydrogen-bond donors (Lipinski definition) is 0. The van der Waals surface area contributed by atoms with Crippen LogP contribution in [0.25, 0.3) is 10.9 Å². The fraction of sp³-hybridized carbons (Fsp3) is 0.304. The van der Waals surface area contributed by atoms with Gasteiger partial charge in [0.2, 0.25) is 0 Å². The number of ketones is 1. The summed E-state index contributed by atoms with van der Waals surface area (Å²) in [4.78, 5) is 24.1. The van der Waals surface area contributed by atoms with Gasteiger partial charge in [-0.2, -0.15) is 0 Å². The summed E-state index contributed by atoms with van der Waals surface area (Å²) in [6, 6.07) is 15.7. The Balaban J connectivity index is 1.94. The second-order valence-electron chi connectivity index (χ2n) is 6.87. The number of unbranched alkanes of at least 4 members (excludes halogenated alkanes) is 1. The van der Waals surface area contributed by atoms with Gasteiger partial charge in [0.1, 0.15) is 0 Å². The Hall–Kier alpha value is -2.88. The Kier molecular flexibility index (Phi) is 5.75. The lowest BCUT2D eigenvalue weighted by Crippen LogP contribution is -2.07. The molecule has 0 saturated carbocycles. The molecule has 0 N–H and O–H groups in total. The molecule has 4 heteroatoms. The molecule has 140 valence electrons. The largest absolute Gasteiger partial charge is 0.466 e. The predicted molar refractivity (Wildman–Crippen MR) is 107 cm³/mol. The van der Waals surface area contributed by atoms with Gasteiger partial charge in [-0.25, -0.2) is 0 Å². The molecular weight excluding hydrogens is 338 g/mol. The van der Waals surface area contributed by atoms with Crippen molar-refractivity contribution in [1.29, 1.82) is 0 Å². The lowest BCUT2D eigenvalue weighted by Gasteiger charge is -2.09. The highest BCUT2D eigenvalue weighted by atomic mass is 16.5. The number of aryl methyl sites for hydroxylation is 2. The summed E-state index contributed by atoms with van der Waals surface area (Å²) in [6.45, 7) is 6.70. The van der Waals surface area contributed by atoms with Crippen LogP contribution in [-0.2, 0) is 16.1 Å². The molecule has 0 fully saturated rings. The molecule has 0 atom stereocenters. The zero-order chi connectivity index (χ0) is 19.4. The van der Waals surface area contributed by atoms with Crippen molar-refractivity contribution < 1.29 is 14.3 Å². The molecule has 3 rings (SSSR count). The third kappa shape index (κ3) is 4.11. The van der Waals surface area contributed by atoms with E-state index in [2.05, 4.69) is 22.8 Å². The van der Waals surface area contributed by atoms with Crippen LogP contribution in [0.3, 0.4) is 0 Å². The minimum atomic E-state index is -0.246. The van der Waals surface area contributed by atoms with Crippen LogP contribution in [0.1, 0.15) is 46.9 Å². The molecule has 1 aromatic heterocycles. The van der Waals surface area contributed by atoms with Crippen molar-refractivity contribution in [2.24, 2.45) is 0 Å². The summed E-state index contributed by atoms with van der Waals surface area (Å²) in [5.74, 6) is -0.189. The van der Waals surface area contributed by atoms with E-state index in [0.29, 0.717) is 12.2 Å². The Bertz CT molecular complexity index is 970. The van der Waals surface area contributed by atoms with Gasteiger partial charge in [0.25, 0.3) is 0 Å². The second kappa shape index (κ2) is 8.21. The molecule has 1 heterocycles. The molecule has 3 aromatic rings. The van der Waals surface area contributed by atoms with Crippen molar-refractivity contribution in [1.82, 2.24) is 4.57 Å². The van der Waals surface area contributed by atoms with Crippen LogP contribution in [0.4, 0.5) is 0 Å². The fourth-order valence-electron chi connectivity index (χ4n) is 3.49.